The molecule has 0 spiro atoms. The van der Waals surface area contributed by atoms with Crippen LogP contribution in [0.5, 0.6) is 17.2 Å². The molecule has 0 radical (unpaired) electrons. The fourth-order valence-electron chi connectivity index (χ4n) is 2.33. The standard InChI is InChI=1S/C19H23NO4/c1-5-12(2)13-6-7-17(18(21)10-13)20-19(22)14-8-15(23-3)11-16(9-14)24-4/h6-12,21H,5H2,1-4H3,(H,20,22). The number of phenols is 1. The number of ether oxygens (including phenoxy) is 2. The van der Waals surface area contributed by atoms with Gasteiger partial charge < -0.3 is 19.9 Å². The zero-order valence-electron chi connectivity index (χ0n) is 14.4. The predicted molar refractivity (Wildman–Crippen MR) is 94.3 cm³/mol. The van der Waals surface area contributed by atoms with Crippen LogP contribution in [0.3, 0.4) is 0 Å². The van der Waals surface area contributed by atoms with E-state index in [4.69, 9.17) is 9.47 Å². The van der Waals surface area contributed by atoms with E-state index in [2.05, 4.69) is 19.2 Å². The Morgan fingerprint density at radius 3 is 2.25 bits per heavy atom. The van der Waals surface area contributed by atoms with Crippen molar-refractivity contribution in [1.29, 1.82) is 0 Å². The van der Waals surface area contributed by atoms with Gasteiger partial charge in [-0.3, -0.25) is 4.79 Å². The summed E-state index contributed by atoms with van der Waals surface area (Å²) in [4.78, 5) is 12.4. The molecule has 0 fully saturated rings. The minimum absolute atomic E-state index is 0.0519. The van der Waals surface area contributed by atoms with Gasteiger partial charge in [-0.15, -0.1) is 0 Å². The van der Waals surface area contributed by atoms with Crippen molar-refractivity contribution in [2.24, 2.45) is 0 Å². The molecular weight excluding hydrogens is 306 g/mol. The van der Waals surface area contributed by atoms with Crippen LogP contribution < -0.4 is 14.8 Å². The minimum atomic E-state index is -0.348. The number of amides is 1. The number of benzene rings is 2. The number of methoxy groups -OCH3 is 2. The van der Waals surface area contributed by atoms with Crippen LogP contribution in [0.1, 0.15) is 42.1 Å². The number of aromatic hydroxyl groups is 1. The van der Waals surface area contributed by atoms with Gasteiger partial charge in [0.25, 0.3) is 5.91 Å². The van der Waals surface area contributed by atoms with Crippen LogP contribution >= 0.6 is 0 Å². The zero-order chi connectivity index (χ0) is 17.7. The molecule has 1 atom stereocenters. The molecule has 0 saturated carbocycles. The Morgan fingerprint density at radius 1 is 1.12 bits per heavy atom. The van der Waals surface area contributed by atoms with Gasteiger partial charge in [-0.25, -0.2) is 0 Å². The van der Waals surface area contributed by atoms with Gasteiger partial charge in [0.2, 0.25) is 0 Å². The Kier molecular flexibility index (Phi) is 5.68. The van der Waals surface area contributed by atoms with Gasteiger partial charge in [-0.1, -0.05) is 19.9 Å². The number of carbonyl (C=O) groups excluding carboxylic acids is 1. The lowest BCUT2D eigenvalue weighted by atomic mass is 9.98. The lowest BCUT2D eigenvalue weighted by molar-refractivity contribution is 0.102. The second-order valence-electron chi connectivity index (χ2n) is 5.64. The smallest absolute Gasteiger partial charge is 0.256 e. The molecule has 2 rings (SSSR count). The lowest BCUT2D eigenvalue weighted by Crippen LogP contribution is -2.12. The quantitative estimate of drug-likeness (QED) is 0.780. The van der Waals surface area contributed by atoms with Crippen LogP contribution in [-0.2, 0) is 0 Å². The van der Waals surface area contributed by atoms with Crippen LogP contribution in [0, 0.1) is 0 Å². The first-order valence-corrected chi connectivity index (χ1v) is 7.85. The molecule has 2 N–H and O–H groups in total. The Labute approximate surface area is 142 Å². The molecule has 128 valence electrons. The molecule has 5 nitrogen and oxygen atoms in total. The first-order chi connectivity index (χ1) is 11.5. The number of hydrogen-bond donors (Lipinski definition) is 2. The summed E-state index contributed by atoms with van der Waals surface area (Å²) >= 11 is 0. The average molecular weight is 329 g/mol. The Hall–Kier alpha value is -2.69. The van der Waals surface area contributed by atoms with E-state index in [9.17, 15) is 9.90 Å². The summed E-state index contributed by atoms with van der Waals surface area (Å²) in [6, 6.07) is 10.2. The van der Waals surface area contributed by atoms with Crippen LogP contribution in [0.15, 0.2) is 36.4 Å². The summed E-state index contributed by atoms with van der Waals surface area (Å²) in [6.45, 7) is 4.18. The van der Waals surface area contributed by atoms with Gasteiger partial charge in [0.15, 0.2) is 0 Å². The third-order valence-electron chi connectivity index (χ3n) is 4.07. The van der Waals surface area contributed by atoms with Gasteiger partial charge in [0.05, 0.1) is 19.9 Å². The molecule has 0 aliphatic heterocycles. The molecule has 0 heterocycles. The highest BCUT2D eigenvalue weighted by atomic mass is 16.5. The van der Waals surface area contributed by atoms with Crippen molar-refractivity contribution in [3.8, 4) is 17.2 Å². The molecule has 5 heteroatoms. The van der Waals surface area contributed by atoms with Gasteiger partial charge in [-0.05, 0) is 42.2 Å². The number of nitrogens with one attached hydrogen (secondary N) is 1. The summed E-state index contributed by atoms with van der Waals surface area (Å²) in [5.74, 6) is 1.10. The summed E-state index contributed by atoms with van der Waals surface area (Å²) in [5, 5.41) is 12.9. The van der Waals surface area contributed by atoms with Gasteiger partial charge in [0, 0.05) is 11.6 Å². The Bertz CT molecular complexity index is 705. The summed E-state index contributed by atoms with van der Waals surface area (Å²) in [6.07, 6.45) is 0.981. The van der Waals surface area contributed by atoms with Crippen molar-refractivity contribution in [3.05, 3.63) is 47.5 Å². The summed E-state index contributed by atoms with van der Waals surface area (Å²) in [7, 11) is 3.05. The normalized spacial score (nSPS) is 11.7. The average Bonchev–Trinajstić information content (AvgIpc) is 2.61. The predicted octanol–water partition coefficient (Wildman–Crippen LogP) is 4.18. The highest BCUT2D eigenvalue weighted by Crippen LogP contribution is 2.30. The topological polar surface area (TPSA) is 67.8 Å². The van der Waals surface area contributed by atoms with Crippen LogP contribution in [-0.4, -0.2) is 25.2 Å². The minimum Gasteiger partial charge on any atom is -0.506 e. The number of hydrogen-bond acceptors (Lipinski definition) is 4. The molecular formula is C19H23NO4. The van der Waals surface area contributed by atoms with Gasteiger partial charge >= 0.3 is 0 Å². The maximum absolute atomic E-state index is 12.4. The van der Waals surface area contributed by atoms with E-state index in [1.165, 1.54) is 14.2 Å². The van der Waals surface area contributed by atoms with Crippen molar-refractivity contribution in [1.82, 2.24) is 0 Å². The zero-order valence-corrected chi connectivity index (χ0v) is 14.4. The molecule has 24 heavy (non-hydrogen) atoms. The third kappa shape index (κ3) is 3.98. The number of anilines is 1. The molecule has 2 aromatic rings. The SMILES string of the molecule is CCC(C)c1ccc(NC(=O)c2cc(OC)cc(OC)c2)c(O)c1. The molecule has 0 aliphatic carbocycles. The fourth-order valence-corrected chi connectivity index (χ4v) is 2.33. The number of rotatable bonds is 6. The Balaban J connectivity index is 2.23. The molecule has 0 aliphatic rings. The van der Waals surface area contributed by atoms with Gasteiger partial charge in [-0.2, -0.15) is 0 Å². The fraction of sp³-hybridized carbons (Fsp3) is 0.316. The van der Waals surface area contributed by atoms with Crippen molar-refractivity contribution in [2.45, 2.75) is 26.2 Å². The van der Waals surface area contributed by atoms with Crippen molar-refractivity contribution in [2.75, 3.05) is 19.5 Å². The van der Waals surface area contributed by atoms with Crippen LogP contribution in [0.25, 0.3) is 0 Å². The molecule has 1 unspecified atom stereocenters. The molecule has 1 amide bonds. The molecule has 0 bridgehead atoms. The monoisotopic (exact) mass is 329 g/mol. The second kappa shape index (κ2) is 7.73. The van der Waals surface area contributed by atoms with E-state index in [0.717, 1.165) is 12.0 Å². The molecule has 0 aromatic heterocycles. The largest absolute Gasteiger partial charge is 0.506 e. The first-order valence-electron chi connectivity index (χ1n) is 7.85. The highest BCUT2D eigenvalue weighted by Gasteiger charge is 2.13. The summed E-state index contributed by atoms with van der Waals surface area (Å²) < 4.78 is 10.3. The Morgan fingerprint density at radius 2 is 1.75 bits per heavy atom. The third-order valence-corrected chi connectivity index (χ3v) is 4.07. The maximum Gasteiger partial charge on any atom is 0.256 e. The van der Waals surface area contributed by atoms with E-state index in [1.54, 1.807) is 30.3 Å². The number of phenolic OH excluding ortho intramolecular Hbond substituents is 1. The first kappa shape index (κ1) is 17.7. The van der Waals surface area contributed by atoms with Crippen LogP contribution in [0.4, 0.5) is 5.69 Å². The lowest BCUT2D eigenvalue weighted by Gasteiger charge is -2.13. The van der Waals surface area contributed by atoms with Crippen molar-refractivity contribution in [3.63, 3.8) is 0 Å². The maximum atomic E-state index is 12.4. The second-order valence-corrected chi connectivity index (χ2v) is 5.64. The summed E-state index contributed by atoms with van der Waals surface area (Å²) in [5.41, 5.74) is 1.79. The van der Waals surface area contributed by atoms with Crippen molar-refractivity contribution >= 4 is 11.6 Å². The highest BCUT2D eigenvalue weighted by molar-refractivity contribution is 6.05. The van der Waals surface area contributed by atoms with Crippen LogP contribution in [0.2, 0.25) is 0 Å². The van der Waals surface area contributed by atoms with E-state index < -0.39 is 0 Å². The van der Waals surface area contributed by atoms with E-state index in [1.807, 2.05) is 6.07 Å². The van der Waals surface area contributed by atoms with E-state index >= 15 is 0 Å². The number of carbonyl (C=O) groups is 1. The van der Waals surface area contributed by atoms with Crippen molar-refractivity contribution < 1.29 is 19.4 Å². The molecule has 2 aromatic carbocycles. The van der Waals surface area contributed by atoms with E-state index in [-0.39, 0.29) is 11.7 Å². The van der Waals surface area contributed by atoms with E-state index in [0.29, 0.717) is 28.7 Å². The molecule has 0 saturated heterocycles. The van der Waals surface area contributed by atoms with Gasteiger partial charge in [0.1, 0.15) is 17.2 Å².